The van der Waals surface area contributed by atoms with Crippen LogP contribution in [0.5, 0.6) is 0 Å². The molecule has 0 aliphatic heterocycles. The highest BCUT2D eigenvalue weighted by atomic mass is 32.1. The first-order chi connectivity index (χ1) is 6.88. The molecule has 0 aliphatic carbocycles. The highest BCUT2D eigenvalue weighted by Crippen LogP contribution is 2.21. The van der Waals surface area contributed by atoms with E-state index in [1.54, 1.807) is 11.3 Å². The van der Waals surface area contributed by atoms with E-state index in [2.05, 4.69) is 44.9 Å². The molecule has 0 bridgehead atoms. The van der Waals surface area contributed by atoms with Gasteiger partial charge in [-0.1, -0.05) is 20.8 Å². The van der Waals surface area contributed by atoms with Gasteiger partial charge in [-0.05, 0) is 32.2 Å². The minimum Gasteiger partial charge on any atom is -0.309 e. The molecule has 1 N–H and O–H groups in total. The Morgan fingerprint density at radius 2 is 2.13 bits per heavy atom. The number of nitrogens with zero attached hydrogens (tertiary/aromatic N) is 1. The molecule has 1 rings (SSSR count). The van der Waals surface area contributed by atoms with Gasteiger partial charge < -0.3 is 5.32 Å². The van der Waals surface area contributed by atoms with Gasteiger partial charge in [0.1, 0.15) is 0 Å². The summed E-state index contributed by atoms with van der Waals surface area (Å²) in [5, 5.41) is 4.69. The zero-order valence-electron chi connectivity index (χ0n) is 10.4. The number of rotatable bonds is 4. The lowest BCUT2D eigenvalue weighted by Crippen LogP contribution is -2.23. The second-order valence-corrected chi connectivity index (χ2v) is 6.53. The van der Waals surface area contributed by atoms with E-state index >= 15 is 0 Å². The second-order valence-electron chi connectivity index (χ2n) is 5.27. The molecule has 3 heteroatoms. The lowest BCUT2D eigenvalue weighted by Gasteiger charge is -2.20. The van der Waals surface area contributed by atoms with Gasteiger partial charge in [0.25, 0.3) is 0 Å². The Hall–Kier alpha value is -0.410. The van der Waals surface area contributed by atoms with Crippen LogP contribution in [-0.4, -0.2) is 11.5 Å². The molecule has 0 aliphatic rings. The summed E-state index contributed by atoms with van der Waals surface area (Å²) in [6.45, 7) is 12.1. The van der Waals surface area contributed by atoms with Crippen molar-refractivity contribution in [1.82, 2.24) is 10.3 Å². The number of aromatic nitrogens is 1. The molecule has 1 heterocycles. The lowest BCUT2D eigenvalue weighted by atomic mass is 9.92. The Kier molecular flexibility index (Phi) is 4.29. The van der Waals surface area contributed by atoms with Crippen LogP contribution in [-0.2, 0) is 0 Å². The Bertz CT molecular complexity index is 299. The maximum atomic E-state index is 4.27. The van der Waals surface area contributed by atoms with Gasteiger partial charge in [0.05, 0.1) is 5.01 Å². The van der Waals surface area contributed by atoms with E-state index in [9.17, 15) is 0 Å². The van der Waals surface area contributed by atoms with E-state index in [-0.39, 0.29) is 0 Å². The van der Waals surface area contributed by atoms with Crippen molar-refractivity contribution in [2.24, 2.45) is 5.41 Å². The molecule has 2 nitrogen and oxygen atoms in total. The number of nitrogens with one attached hydrogen (secondary N) is 1. The number of hydrogen-bond acceptors (Lipinski definition) is 3. The van der Waals surface area contributed by atoms with Crippen molar-refractivity contribution in [1.29, 1.82) is 0 Å². The largest absolute Gasteiger partial charge is 0.309 e. The fourth-order valence-electron chi connectivity index (χ4n) is 1.34. The second kappa shape index (κ2) is 5.08. The molecule has 1 aromatic rings. The summed E-state index contributed by atoms with van der Waals surface area (Å²) in [5.74, 6) is 0. The average Bonchev–Trinajstić information content (AvgIpc) is 2.49. The van der Waals surface area contributed by atoms with Gasteiger partial charge >= 0.3 is 0 Å². The minimum atomic E-state index is 0.413. The first-order valence-corrected chi connectivity index (χ1v) is 6.36. The summed E-state index contributed by atoms with van der Waals surface area (Å²) in [5.41, 5.74) is 0.413. The third kappa shape index (κ3) is 4.76. The van der Waals surface area contributed by atoms with Crippen LogP contribution in [0.15, 0.2) is 6.20 Å². The summed E-state index contributed by atoms with van der Waals surface area (Å²) in [6.07, 6.45) is 3.18. The Balaban J connectivity index is 2.34. The van der Waals surface area contributed by atoms with E-state index in [4.69, 9.17) is 0 Å². The molecular weight excluding hydrogens is 204 g/mol. The standard InChI is InChI=1S/C12H22N2S/c1-9(11-8-14-10(2)15-11)13-7-6-12(3,4)5/h8-9,13H,6-7H2,1-5H3. The number of thiazole rings is 1. The van der Waals surface area contributed by atoms with E-state index in [1.807, 2.05) is 6.20 Å². The highest BCUT2D eigenvalue weighted by Gasteiger charge is 2.12. The van der Waals surface area contributed by atoms with Crippen molar-refractivity contribution in [3.05, 3.63) is 16.1 Å². The quantitative estimate of drug-likeness (QED) is 0.849. The van der Waals surface area contributed by atoms with E-state index in [0.29, 0.717) is 11.5 Å². The highest BCUT2D eigenvalue weighted by molar-refractivity contribution is 7.11. The van der Waals surface area contributed by atoms with Crippen LogP contribution < -0.4 is 5.32 Å². The zero-order chi connectivity index (χ0) is 11.5. The van der Waals surface area contributed by atoms with Gasteiger partial charge in [0, 0.05) is 17.1 Å². The van der Waals surface area contributed by atoms with Crippen LogP contribution in [0.4, 0.5) is 0 Å². The van der Waals surface area contributed by atoms with E-state index in [0.717, 1.165) is 11.6 Å². The zero-order valence-corrected chi connectivity index (χ0v) is 11.2. The molecule has 0 saturated heterocycles. The van der Waals surface area contributed by atoms with E-state index < -0.39 is 0 Å². The fourth-order valence-corrected chi connectivity index (χ4v) is 2.15. The van der Waals surface area contributed by atoms with Gasteiger partial charge in [-0.25, -0.2) is 4.98 Å². The molecule has 0 radical (unpaired) electrons. The first-order valence-electron chi connectivity index (χ1n) is 5.54. The van der Waals surface area contributed by atoms with Gasteiger partial charge in [-0.15, -0.1) is 11.3 Å². The summed E-state index contributed by atoms with van der Waals surface area (Å²) in [4.78, 5) is 5.61. The van der Waals surface area contributed by atoms with Crippen molar-refractivity contribution in [3.63, 3.8) is 0 Å². The molecule has 15 heavy (non-hydrogen) atoms. The third-order valence-electron chi connectivity index (χ3n) is 2.39. The summed E-state index contributed by atoms with van der Waals surface area (Å²) in [7, 11) is 0. The van der Waals surface area contributed by atoms with Crippen LogP contribution in [0.1, 0.15) is 50.0 Å². The molecular formula is C12H22N2S. The first kappa shape index (κ1) is 12.7. The summed E-state index contributed by atoms with van der Waals surface area (Å²) < 4.78 is 0. The van der Waals surface area contributed by atoms with Crippen LogP contribution in [0.2, 0.25) is 0 Å². The number of aryl methyl sites for hydroxylation is 1. The van der Waals surface area contributed by atoms with Crippen LogP contribution in [0, 0.1) is 12.3 Å². The predicted octanol–water partition coefficient (Wildman–Crippen LogP) is 3.54. The Morgan fingerprint density at radius 3 is 2.60 bits per heavy atom. The summed E-state index contributed by atoms with van der Waals surface area (Å²) in [6, 6.07) is 0.429. The maximum absolute atomic E-state index is 4.27. The van der Waals surface area contributed by atoms with Gasteiger partial charge in [-0.2, -0.15) is 0 Å². The molecule has 86 valence electrons. The third-order valence-corrected chi connectivity index (χ3v) is 3.49. The van der Waals surface area contributed by atoms with Crippen molar-refractivity contribution in [2.75, 3.05) is 6.54 Å². The van der Waals surface area contributed by atoms with E-state index in [1.165, 1.54) is 11.3 Å². The topological polar surface area (TPSA) is 24.9 Å². The van der Waals surface area contributed by atoms with Crippen LogP contribution in [0.3, 0.4) is 0 Å². The molecule has 0 amide bonds. The molecule has 0 spiro atoms. The molecule has 0 saturated carbocycles. The van der Waals surface area contributed by atoms with Crippen molar-refractivity contribution in [3.8, 4) is 0 Å². The monoisotopic (exact) mass is 226 g/mol. The van der Waals surface area contributed by atoms with Gasteiger partial charge in [-0.3, -0.25) is 0 Å². The van der Waals surface area contributed by atoms with Crippen LogP contribution >= 0.6 is 11.3 Å². The minimum absolute atomic E-state index is 0.413. The molecule has 1 atom stereocenters. The van der Waals surface area contributed by atoms with Crippen molar-refractivity contribution in [2.45, 2.75) is 47.1 Å². The fraction of sp³-hybridized carbons (Fsp3) is 0.750. The van der Waals surface area contributed by atoms with Crippen molar-refractivity contribution < 1.29 is 0 Å². The smallest absolute Gasteiger partial charge is 0.0897 e. The maximum Gasteiger partial charge on any atom is 0.0897 e. The molecule has 0 aromatic carbocycles. The van der Waals surface area contributed by atoms with Gasteiger partial charge in [0.15, 0.2) is 0 Å². The normalized spacial score (nSPS) is 14.2. The SMILES string of the molecule is Cc1ncc(C(C)NCCC(C)(C)C)s1. The average molecular weight is 226 g/mol. The van der Waals surface area contributed by atoms with Crippen LogP contribution in [0.25, 0.3) is 0 Å². The van der Waals surface area contributed by atoms with Gasteiger partial charge in [0.2, 0.25) is 0 Å². The Labute approximate surface area is 97.1 Å². The Morgan fingerprint density at radius 1 is 1.47 bits per heavy atom. The molecule has 0 fully saturated rings. The predicted molar refractivity (Wildman–Crippen MR) is 67.3 cm³/mol. The lowest BCUT2D eigenvalue weighted by molar-refractivity contribution is 0.358. The van der Waals surface area contributed by atoms with Crippen molar-refractivity contribution >= 4 is 11.3 Å². The number of hydrogen-bond donors (Lipinski definition) is 1. The molecule has 1 aromatic heterocycles. The molecule has 1 unspecified atom stereocenters. The summed E-state index contributed by atoms with van der Waals surface area (Å²) >= 11 is 1.78.